The molecule has 176 valence electrons. The molecule has 0 unspecified atom stereocenters. The van der Waals surface area contributed by atoms with Crippen molar-refractivity contribution in [2.45, 2.75) is 45.1 Å². The van der Waals surface area contributed by atoms with E-state index >= 15 is 0 Å². The van der Waals surface area contributed by atoms with E-state index in [1.165, 1.54) is 12.8 Å². The fourth-order valence-electron chi connectivity index (χ4n) is 5.43. The normalized spacial score (nSPS) is 19.3. The lowest BCUT2D eigenvalue weighted by atomic mass is 9.72. The largest absolute Gasteiger partial charge is 0.348 e. The van der Waals surface area contributed by atoms with Crippen LogP contribution < -0.4 is 0 Å². The Hall–Kier alpha value is -2.73. The van der Waals surface area contributed by atoms with Crippen molar-refractivity contribution in [1.82, 2.24) is 19.7 Å². The molecule has 33 heavy (non-hydrogen) atoms. The van der Waals surface area contributed by atoms with Crippen LogP contribution in [0.4, 0.5) is 0 Å². The van der Waals surface area contributed by atoms with Gasteiger partial charge in [-0.3, -0.25) is 19.5 Å². The van der Waals surface area contributed by atoms with Crippen molar-refractivity contribution >= 4 is 11.8 Å². The van der Waals surface area contributed by atoms with Gasteiger partial charge in [0.25, 0.3) is 0 Å². The highest BCUT2D eigenvalue weighted by Gasteiger charge is 2.44. The number of hydrogen-bond acceptors (Lipinski definition) is 4. The Morgan fingerprint density at radius 2 is 1.73 bits per heavy atom. The number of hydrogen-bond donors (Lipinski definition) is 0. The quantitative estimate of drug-likeness (QED) is 0.679. The summed E-state index contributed by atoms with van der Waals surface area (Å²) < 4.78 is 0. The number of carbonyl (C=O) groups is 2. The summed E-state index contributed by atoms with van der Waals surface area (Å²) >= 11 is 0. The molecule has 2 aliphatic heterocycles. The maximum Gasteiger partial charge on any atom is 0.239 e. The highest BCUT2D eigenvalue weighted by atomic mass is 16.2. The zero-order valence-corrected chi connectivity index (χ0v) is 20.2. The van der Waals surface area contributed by atoms with Crippen LogP contribution in [-0.4, -0.2) is 77.8 Å². The fraction of sp³-hybridized carbons (Fsp3) is 0.519. The summed E-state index contributed by atoms with van der Waals surface area (Å²) in [4.78, 5) is 36.8. The van der Waals surface area contributed by atoms with Gasteiger partial charge in [-0.2, -0.15) is 0 Å². The summed E-state index contributed by atoms with van der Waals surface area (Å²) in [5.41, 5.74) is 2.85. The van der Waals surface area contributed by atoms with Gasteiger partial charge in [-0.25, -0.2) is 0 Å². The Morgan fingerprint density at radius 1 is 1.03 bits per heavy atom. The van der Waals surface area contributed by atoms with Gasteiger partial charge in [0.1, 0.15) is 0 Å². The SMILES string of the molecule is C[C@@H](C(=O)N1CCC(Cc2cccc(-c3cccnc3)c2)(C(=O)N(C)C)CC1)N1CCCC1. The number of amides is 2. The molecule has 2 aliphatic rings. The number of rotatable bonds is 6. The van der Waals surface area contributed by atoms with Gasteiger partial charge in [0.2, 0.25) is 11.8 Å². The molecular formula is C27H36N4O2. The number of nitrogens with zero attached hydrogens (tertiary/aromatic N) is 4. The Labute approximate surface area is 197 Å². The molecule has 0 N–H and O–H groups in total. The van der Waals surface area contributed by atoms with Gasteiger partial charge < -0.3 is 9.80 Å². The van der Waals surface area contributed by atoms with Crippen LogP contribution in [0.5, 0.6) is 0 Å². The zero-order chi connectivity index (χ0) is 23.4. The standard InChI is InChI=1S/C27H36N4O2/c1-21(30-14-4-5-15-30)25(32)31-16-11-27(12-17-31,26(33)29(2)3)19-22-8-6-9-23(18-22)24-10-7-13-28-20-24/h6-10,13,18,20-21H,4-5,11-12,14-17,19H2,1-3H3/t21-/m0/s1. The molecule has 0 saturated carbocycles. The summed E-state index contributed by atoms with van der Waals surface area (Å²) in [6.07, 6.45) is 8.07. The molecule has 2 aromatic rings. The van der Waals surface area contributed by atoms with Crippen molar-refractivity contribution < 1.29 is 9.59 Å². The van der Waals surface area contributed by atoms with Gasteiger partial charge in [0, 0.05) is 39.6 Å². The van der Waals surface area contributed by atoms with E-state index in [2.05, 4.69) is 40.2 Å². The maximum atomic E-state index is 13.4. The highest BCUT2D eigenvalue weighted by Crippen LogP contribution is 2.38. The number of piperidine rings is 1. The molecule has 1 aromatic heterocycles. The summed E-state index contributed by atoms with van der Waals surface area (Å²) in [6.45, 7) is 5.33. The van der Waals surface area contributed by atoms with Gasteiger partial charge in [-0.1, -0.05) is 30.3 Å². The molecule has 1 aromatic carbocycles. The van der Waals surface area contributed by atoms with Crippen LogP contribution in [0.15, 0.2) is 48.8 Å². The molecule has 6 heteroatoms. The second-order valence-electron chi connectivity index (χ2n) is 9.84. The third kappa shape index (κ3) is 5.11. The van der Waals surface area contributed by atoms with Crippen LogP contribution in [0.1, 0.15) is 38.2 Å². The molecule has 2 amide bonds. The number of carbonyl (C=O) groups excluding carboxylic acids is 2. The third-order valence-electron chi connectivity index (χ3n) is 7.40. The molecule has 0 bridgehead atoms. The fourth-order valence-corrected chi connectivity index (χ4v) is 5.43. The average molecular weight is 449 g/mol. The summed E-state index contributed by atoms with van der Waals surface area (Å²) in [6, 6.07) is 12.4. The lowest BCUT2D eigenvalue weighted by Gasteiger charge is -2.43. The number of benzene rings is 1. The van der Waals surface area contributed by atoms with E-state index in [0.29, 0.717) is 32.4 Å². The van der Waals surface area contributed by atoms with Crippen LogP contribution in [0.25, 0.3) is 11.1 Å². The molecule has 0 spiro atoms. The molecule has 3 heterocycles. The second-order valence-corrected chi connectivity index (χ2v) is 9.84. The van der Waals surface area contributed by atoms with E-state index in [-0.39, 0.29) is 17.9 Å². The predicted molar refractivity (Wildman–Crippen MR) is 131 cm³/mol. The Morgan fingerprint density at radius 3 is 2.36 bits per heavy atom. The van der Waals surface area contributed by atoms with Crippen LogP contribution >= 0.6 is 0 Å². The molecular weight excluding hydrogens is 412 g/mol. The molecule has 1 atom stereocenters. The minimum Gasteiger partial charge on any atom is -0.348 e. The first kappa shape index (κ1) is 23.4. The first-order valence-electron chi connectivity index (χ1n) is 12.1. The maximum absolute atomic E-state index is 13.4. The van der Waals surface area contributed by atoms with E-state index in [9.17, 15) is 9.59 Å². The molecule has 4 rings (SSSR count). The first-order valence-corrected chi connectivity index (χ1v) is 12.1. The average Bonchev–Trinajstić information content (AvgIpc) is 3.39. The number of aromatic nitrogens is 1. The Balaban J connectivity index is 1.50. The van der Waals surface area contributed by atoms with Crippen LogP contribution in [0.2, 0.25) is 0 Å². The first-order chi connectivity index (χ1) is 15.9. The smallest absolute Gasteiger partial charge is 0.239 e. The monoisotopic (exact) mass is 448 g/mol. The third-order valence-corrected chi connectivity index (χ3v) is 7.40. The van der Waals surface area contributed by atoms with Gasteiger partial charge >= 0.3 is 0 Å². The lowest BCUT2D eigenvalue weighted by Crippen LogP contribution is -2.54. The van der Waals surface area contributed by atoms with Crippen molar-refractivity contribution in [3.05, 3.63) is 54.4 Å². The molecule has 0 aliphatic carbocycles. The summed E-state index contributed by atoms with van der Waals surface area (Å²) in [7, 11) is 3.67. The van der Waals surface area contributed by atoms with E-state index < -0.39 is 5.41 Å². The molecule has 6 nitrogen and oxygen atoms in total. The van der Waals surface area contributed by atoms with E-state index in [1.807, 2.05) is 38.2 Å². The number of likely N-dealkylation sites (tertiary alicyclic amines) is 2. The van der Waals surface area contributed by atoms with Gasteiger partial charge in [-0.05, 0) is 74.9 Å². The van der Waals surface area contributed by atoms with Crippen molar-refractivity contribution in [3.8, 4) is 11.1 Å². The van der Waals surface area contributed by atoms with Crippen LogP contribution in [0.3, 0.4) is 0 Å². The van der Waals surface area contributed by atoms with E-state index in [1.54, 1.807) is 11.1 Å². The van der Waals surface area contributed by atoms with Crippen LogP contribution in [0, 0.1) is 5.41 Å². The van der Waals surface area contributed by atoms with Gasteiger partial charge in [-0.15, -0.1) is 0 Å². The van der Waals surface area contributed by atoms with E-state index in [4.69, 9.17) is 0 Å². The molecule has 2 fully saturated rings. The zero-order valence-electron chi connectivity index (χ0n) is 20.2. The van der Waals surface area contributed by atoms with Gasteiger partial charge in [0.05, 0.1) is 11.5 Å². The Bertz CT molecular complexity index is 961. The topological polar surface area (TPSA) is 56.8 Å². The lowest BCUT2D eigenvalue weighted by molar-refractivity contribution is -0.147. The predicted octanol–water partition coefficient (Wildman–Crippen LogP) is 3.47. The van der Waals surface area contributed by atoms with E-state index in [0.717, 1.165) is 29.8 Å². The van der Waals surface area contributed by atoms with Crippen LogP contribution in [-0.2, 0) is 16.0 Å². The number of pyridine rings is 1. The van der Waals surface area contributed by atoms with Crippen molar-refractivity contribution in [2.75, 3.05) is 40.3 Å². The molecule has 2 saturated heterocycles. The second kappa shape index (κ2) is 10.0. The Kier molecular flexibility index (Phi) is 7.13. The molecule has 0 radical (unpaired) electrons. The minimum absolute atomic E-state index is 0.0688. The van der Waals surface area contributed by atoms with Crippen molar-refractivity contribution in [1.29, 1.82) is 0 Å². The van der Waals surface area contributed by atoms with Crippen molar-refractivity contribution in [3.63, 3.8) is 0 Å². The highest BCUT2D eigenvalue weighted by molar-refractivity contribution is 5.85. The summed E-state index contributed by atoms with van der Waals surface area (Å²) in [5, 5.41) is 0. The minimum atomic E-state index is -0.481. The summed E-state index contributed by atoms with van der Waals surface area (Å²) in [5.74, 6) is 0.371. The van der Waals surface area contributed by atoms with Gasteiger partial charge in [0.15, 0.2) is 0 Å². The van der Waals surface area contributed by atoms with Crippen molar-refractivity contribution in [2.24, 2.45) is 5.41 Å².